The Morgan fingerprint density at radius 2 is 1.85 bits per heavy atom. The van der Waals surface area contributed by atoms with Crippen LogP contribution in [0.1, 0.15) is 13.8 Å². The molecule has 20 heavy (non-hydrogen) atoms. The normalized spacial score (nSPS) is 10.5. The summed E-state index contributed by atoms with van der Waals surface area (Å²) in [5.41, 5.74) is 0.413. The van der Waals surface area contributed by atoms with Crippen LogP contribution in [0.25, 0.3) is 0 Å². The summed E-state index contributed by atoms with van der Waals surface area (Å²) in [6.45, 7) is 3.26. The van der Waals surface area contributed by atoms with E-state index in [1.807, 2.05) is 0 Å². The smallest absolute Gasteiger partial charge is 0.367 e. The monoisotopic (exact) mass is 300 g/mol. The molecule has 0 radical (unpaired) electrons. The van der Waals surface area contributed by atoms with Gasteiger partial charge in [-0.3, -0.25) is 14.9 Å². The molecule has 1 aromatic rings. The van der Waals surface area contributed by atoms with Gasteiger partial charge in [-0.1, -0.05) is 5.57 Å². The number of rotatable bonds is 5. The topological polar surface area (TPSA) is 116 Å². The number of carbonyl (C=O) groups is 1. The molecular formula is C11H12N2O6S. The van der Waals surface area contributed by atoms with Gasteiger partial charge >= 0.3 is 10.3 Å². The van der Waals surface area contributed by atoms with Gasteiger partial charge in [-0.2, -0.15) is 8.42 Å². The van der Waals surface area contributed by atoms with Crippen molar-refractivity contribution in [1.82, 2.24) is 4.72 Å². The summed E-state index contributed by atoms with van der Waals surface area (Å²) in [7, 11) is -4.33. The van der Waals surface area contributed by atoms with Gasteiger partial charge in [0, 0.05) is 18.2 Å². The van der Waals surface area contributed by atoms with Crippen molar-refractivity contribution in [3.63, 3.8) is 0 Å². The van der Waals surface area contributed by atoms with Gasteiger partial charge in [-0.15, -0.1) is 0 Å². The molecule has 0 fully saturated rings. The number of allylic oxidation sites excluding steroid dienone is 1. The first kappa shape index (κ1) is 15.6. The molecule has 0 saturated heterocycles. The number of non-ortho nitro benzene ring substituents is 1. The van der Waals surface area contributed by atoms with E-state index in [1.54, 1.807) is 18.6 Å². The van der Waals surface area contributed by atoms with Crippen molar-refractivity contribution in [2.45, 2.75) is 13.8 Å². The van der Waals surface area contributed by atoms with Crippen LogP contribution in [0.4, 0.5) is 5.69 Å². The minimum absolute atomic E-state index is 0.145. The van der Waals surface area contributed by atoms with E-state index in [0.717, 1.165) is 30.3 Å². The van der Waals surface area contributed by atoms with E-state index in [0.29, 0.717) is 5.57 Å². The SMILES string of the molecule is CC(C)=CC(=O)NS(=O)(=O)Oc1ccc([N+](=O)[O-])cc1. The summed E-state index contributed by atoms with van der Waals surface area (Å²) >= 11 is 0. The lowest BCUT2D eigenvalue weighted by Gasteiger charge is -2.06. The maximum absolute atomic E-state index is 11.5. The maximum atomic E-state index is 11.5. The molecule has 0 aliphatic carbocycles. The van der Waals surface area contributed by atoms with E-state index < -0.39 is 21.1 Å². The zero-order valence-corrected chi connectivity index (χ0v) is 11.5. The first-order chi connectivity index (χ1) is 9.19. The van der Waals surface area contributed by atoms with Crippen LogP contribution in [-0.2, 0) is 15.1 Å². The van der Waals surface area contributed by atoms with Crippen LogP contribution in [0.2, 0.25) is 0 Å². The molecule has 0 spiro atoms. The molecule has 0 aliphatic rings. The third-order valence-electron chi connectivity index (χ3n) is 1.90. The molecule has 0 saturated carbocycles. The summed E-state index contributed by atoms with van der Waals surface area (Å²) in [5.74, 6) is -0.986. The number of benzene rings is 1. The van der Waals surface area contributed by atoms with Crippen LogP contribution in [-0.4, -0.2) is 19.2 Å². The molecule has 8 nitrogen and oxygen atoms in total. The summed E-state index contributed by atoms with van der Waals surface area (Å²) in [6, 6.07) is 4.40. The fraction of sp³-hybridized carbons (Fsp3) is 0.182. The van der Waals surface area contributed by atoms with Crippen LogP contribution in [0, 0.1) is 10.1 Å². The second kappa shape index (κ2) is 6.15. The molecule has 0 atom stereocenters. The molecule has 0 unspecified atom stereocenters. The Labute approximate surface area is 115 Å². The second-order valence-corrected chi connectivity index (χ2v) is 5.26. The maximum Gasteiger partial charge on any atom is 0.409 e. The molecule has 1 amide bonds. The average molecular weight is 300 g/mol. The second-order valence-electron chi connectivity index (χ2n) is 3.98. The fourth-order valence-corrected chi connectivity index (χ4v) is 1.90. The van der Waals surface area contributed by atoms with Crippen LogP contribution in [0.3, 0.4) is 0 Å². The van der Waals surface area contributed by atoms with Gasteiger partial charge in [-0.25, -0.2) is 4.72 Å². The van der Waals surface area contributed by atoms with Gasteiger partial charge in [0.1, 0.15) is 5.75 Å². The Morgan fingerprint density at radius 1 is 1.30 bits per heavy atom. The van der Waals surface area contributed by atoms with Crippen molar-refractivity contribution in [3.8, 4) is 5.75 Å². The van der Waals surface area contributed by atoms with Crippen LogP contribution >= 0.6 is 0 Å². The van der Waals surface area contributed by atoms with Gasteiger partial charge in [0.25, 0.3) is 11.6 Å². The van der Waals surface area contributed by atoms with Gasteiger partial charge in [-0.05, 0) is 26.0 Å². The van der Waals surface area contributed by atoms with Crippen LogP contribution in [0.15, 0.2) is 35.9 Å². The highest BCUT2D eigenvalue weighted by molar-refractivity contribution is 7.85. The molecule has 9 heteroatoms. The number of nitrogens with one attached hydrogen (secondary N) is 1. The molecule has 1 aromatic carbocycles. The predicted octanol–water partition coefficient (Wildman–Crippen LogP) is 1.30. The van der Waals surface area contributed by atoms with E-state index >= 15 is 0 Å². The number of hydrogen-bond donors (Lipinski definition) is 1. The fourth-order valence-electron chi connectivity index (χ4n) is 1.19. The molecular weight excluding hydrogens is 288 g/mol. The Kier molecular flexibility index (Phi) is 4.81. The zero-order valence-electron chi connectivity index (χ0n) is 10.7. The van der Waals surface area contributed by atoms with Crippen molar-refractivity contribution in [3.05, 3.63) is 46.0 Å². The van der Waals surface area contributed by atoms with E-state index in [4.69, 9.17) is 0 Å². The minimum Gasteiger partial charge on any atom is -0.367 e. The van der Waals surface area contributed by atoms with Gasteiger partial charge < -0.3 is 4.18 Å². The van der Waals surface area contributed by atoms with E-state index in [-0.39, 0.29) is 11.4 Å². The van der Waals surface area contributed by atoms with Crippen molar-refractivity contribution >= 4 is 21.9 Å². The van der Waals surface area contributed by atoms with E-state index in [2.05, 4.69) is 4.18 Å². The lowest BCUT2D eigenvalue weighted by atomic mass is 10.3. The van der Waals surface area contributed by atoms with Crippen molar-refractivity contribution in [1.29, 1.82) is 0 Å². The van der Waals surface area contributed by atoms with Crippen LogP contribution in [0.5, 0.6) is 5.75 Å². The predicted molar refractivity (Wildman–Crippen MR) is 70.2 cm³/mol. The lowest BCUT2D eigenvalue weighted by Crippen LogP contribution is -2.32. The highest BCUT2D eigenvalue weighted by Crippen LogP contribution is 2.18. The van der Waals surface area contributed by atoms with E-state index in [9.17, 15) is 23.3 Å². The van der Waals surface area contributed by atoms with E-state index in [1.165, 1.54) is 0 Å². The quantitative estimate of drug-likeness (QED) is 0.498. The molecule has 0 aliphatic heterocycles. The number of amides is 1. The number of nitro groups is 1. The summed E-state index contributed by atoms with van der Waals surface area (Å²) in [6.07, 6.45) is 1.09. The number of hydrogen-bond acceptors (Lipinski definition) is 6. The van der Waals surface area contributed by atoms with Gasteiger partial charge in [0.15, 0.2) is 0 Å². The highest BCUT2D eigenvalue weighted by atomic mass is 32.2. The van der Waals surface area contributed by atoms with Crippen LogP contribution < -0.4 is 8.91 Å². The third-order valence-corrected chi connectivity index (χ3v) is 2.76. The number of carbonyl (C=O) groups excluding carboxylic acids is 1. The zero-order chi connectivity index (χ0) is 15.3. The van der Waals surface area contributed by atoms with Gasteiger partial charge in [0.2, 0.25) is 0 Å². The third kappa shape index (κ3) is 5.06. The van der Waals surface area contributed by atoms with Gasteiger partial charge in [0.05, 0.1) is 4.92 Å². The Hall–Kier alpha value is -2.42. The molecule has 108 valence electrons. The standard InChI is InChI=1S/C11H12N2O6S/c1-8(2)7-11(14)12-20(17,18)19-10-5-3-9(4-6-10)13(15)16/h3-7H,1-2H3,(H,12,14). The first-order valence-corrected chi connectivity index (χ1v) is 6.76. The molecule has 0 heterocycles. The molecule has 1 rings (SSSR count). The summed E-state index contributed by atoms with van der Waals surface area (Å²) in [4.78, 5) is 21.1. The Balaban J connectivity index is 2.78. The Bertz CT molecular complexity index is 644. The largest absolute Gasteiger partial charge is 0.409 e. The number of nitro benzene ring substituents is 1. The molecule has 1 N–H and O–H groups in total. The average Bonchev–Trinajstić information content (AvgIpc) is 2.26. The Morgan fingerprint density at radius 3 is 2.30 bits per heavy atom. The lowest BCUT2D eigenvalue weighted by molar-refractivity contribution is -0.384. The van der Waals surface area contributed by atoms with Crippen molar-refractivity contribution in [2.24, 2.45) is 0 Å². The highest BCUT2D eigenvalue weighted by Gasteiger charge is 2.16. The van der Waals surface area contributed by atoms with Crippen molar-refractivity contribution in [2.75, 3.05) is 0 Å². The summed E-state index contributed by atoms with van der Waals surface area (Å²) in [5, 5.41) is 10.4. The minimum atomic E-state index is -4.33. The molecule has 0 aromatic heterocycles. The number of nitrogens with zero attached hydrogens (tertiary/aromatic N) is 1. The summed E-state index contributed by atoms with van der Waals surface area (Å²) < 4.78 is 29.2. The molecule has 0 bridgehead atoms. The van der Waals surface area contributed by atoms with Crippen molar-refractivity contribution < 1.29 is 22.3 Å². The first-order valence-electron chi connectivity index (χ1n) is 5.35.